The number of aromatic nitrogens is 1. The fourth-order valence-corrected chi connectivity index (χ4v) is 3.40. The quantitative estimate of drug-likeness (QED) is 0.493. The molecule has 0 spiro atoms. The molecule has 8 nitrogen and oxygen atoms in total. The van der Waals surface area contributed by atoms with Crippen molar-refractivity contribution in [3.63, 3.8) is 0 Å². The Morgan fingerprint density at radius 1 is 1.42 bits per heavy atom. The number of nitrogens with one attached hydrogen (secondary N) is 3. The number of hydrogen-bond donors (Lipinski definition) is 3. The molecule has 3 heterocycles. The van der Waals surface area contributed by atoms with Crippen LogP contribution < -0.4 is 20.1 Å². The van der Waals surface area contributed by atoms with Crippen molar-refractivity contribution in [2.45, 2.75) is 32.5 Å². The van der Waals surface area contributed by atoms with E-state index in [1.807, 2.05) is 32.0 Å². The number of fused-ring (bicyclic) bond motifs is 1. The molecule has 31 heavy (non-hydrogen) atoms. The van der Waals surface area contributed by atoms with E-state index in [0.29, 0.717) is 23.7 Å². The van der Waals surface area contributed by atoms with E-state index in [1.54, 1.807) is 37.0 Å². The zero-order valence-electron chi connectivity index (χ0n) is 17.3. The predicted molar refractivity (Wildman–Crippen MR) is 119 cm³/mol. The summed E-state index contributed by atoms with van der Waals surface area (Å²) in [6.45, 7) is 4.31. The SMILES string of the molecule is CC1(C)Cc2cc(NC(=O)/C(C=N)=C3\N=CC=CN3)c(OCc3cccnc3)cc2O1. The van der Waals surface area contributed by atoms with Gasteiger partial charge < -0.3 is 25.5 Å². The minimum absolute atomic E-state index is 0.107. The van der Waals surface area contributed by atoms with Crippen LogP contribution in [0.3, 0.4) is 0 Å². The van der Waals surface area contributed by atoms with Gasteiger partial charge in [0.05, 0.1) is 11.3 Å². The summed E-state index contributed by atoms with van der Waals surface area (Å²) in [4.78, 5) is 21.2. The van der Waals surface area contributed by atoms with Crippen LogP contribution in [-0.4, -0.2) is 28.9 Å². The Balaban J connectivity index is 1.63. The topological polar surface area (TPSA) is 109 Å². The van der Waals surface area contributed by atoms with Crippen LogP contribution >= 0.6 is 0 Å². The molecule has 8 heteroatoms. The van der Waals surface area contributed by atoms with Crippen LogP contribution in [0, 0.1) is 5.41 Å². The summed E-state index contributed by atoms with van der Waals surface area (Å²) in [5.74, 6) is 1.05. The lowest BCUT2D eigenvalue weighted by atomic mass is 10.0. The molecule has 1 aromatic heterocycles. The van der Waals surface area contributed by atoms with Crippen molar-refractivity contribution >= 4 is 24.0 Å². The van der Waals surface area contributed by atoms with E-state index in [4.69, 9.17) is 14.9 Å². The monoisotopic (exact) mass is 417 g/mol. The van der Waals surface area contributed by atoms with Crippen molar-refractivity contribution in [2.75, 3.05) is 5.32 Å². The van der Waals surface area contributed by atoms with Crippen LogP contribution in [-0.2, 0) is 17.8 Å². The highest BCUT2D eigenvalue weighted by molar-refractivity contribution is 6.18. The average molecular weight is 417 g/mol. The lowest BCUT2D eigenvalue weighted by Gasteiger charge is -2.17. The van der Waals surface area contributed by atoms with Crippen LogP contribution in [0.2, 0.25) is 0 Å². The molecule has 158 valence electrons. The third-order valence-electron chi connectivity index (χ3n) is 4.78. The third kappa shape index (κ3) is 4.63. The molecule has 4 rings (SSSR count). The summed E-state index contributed by atoms with van der Waals surface area (Å²) in [6.07, 6.45) is 10.0. The van der Waals surface area contributed by atoms with Gasteiger partial charge in [-0.2, -0.15) is 0 Å². The van der Waals surface area contributed by atoms with Crippen molar-refractivity contribution in [2.24, 2.45) is 4.99 Å². The van der Waals surface area contributed by atoms with E-state index < -0.39 is 5.91 Å². The molecule has 2 aromatic rings. The summed E-state index contributed by atoms with van der Waals surface area (Å²) < 4.78 is 12.0. The fraction of sp³-hybridized carbons (Fsp3) is 0.217. The normalized spacial score (nSPS) is 17.2. The highest BCUT2D eigenvalue weighted by Gasteiger charge is 2.31. The predicted octanol–water partition coefficient (Wildman–Crippen LogP) is 3.36. The van der Waals surface area contributed by atoms with Crippen LogP contribution in [0.5, 0.6) is 11.5 Å². The second kappa shape index (κ2) is 8.43. The number of carbonyl (C=O) groups excluding carboxylic acids is 1. The van der Waals surface area contributed by atoms with Gasteiger partial charge in [0.25, 0.3) is 5.91 Å². The minimum Gasteiger partial charge on any atom is -0.487 e. The molecule has 0 fully saturated rings. The van der Waals surface area contributed by atoms with Crippen molar-refractivity contribution in [3.05, 3.63) is 71.5 Å². The average Bonchev–Trinajstić information content (AvgIpc) is 3.06. The van der Waals surface area contributed by atoms with Gasteiger partial charge in [-0.3, -0.25) is 9.78 Å². The molecule has 0 saturated heterocycles. The summed E-state index contributed by atoms with van der Waals surface area (Å²) >= 11 is 0. The number of rotatable bonds is 6. The molecule has 0 bridgehead atoms. The van der Waals surface area contributed by atoms with E-state index in [0.717, 1.165) is 23.1 Å². The van der Waals surface area contributed by atoms with Crippen molar-refractivity contribution in [3.8, 4) is 11.5 Å². The summed E-state index contributed by atoms with van der Waals surface area (Å²) in [7, 11) is 0. The lowest BCUT2D eigenvalue weighted by molar-refractivity contribution is -0.112. The van der Waals surface area contributed by atoms with Crippen LogP contribution in [0.15, 0.2) is 65.3 Å². The molecular weight excluding hydrogens is 394 g/mol. The Kier molecular flexibility index (Phi) is 5.53. The van der Waals surface area contributed by atoms with Crippen LogP contribution in [0.1, 0.15) is 25.0 Å². The van der Waals surface area contributed by atoms with Crippen molar-refractivity contribution in [1.29, 1.82) is 5.41 Å². The van der Waals surface area contributed by atoms with Crippen molar-refractivity contribution < 1.29 is 14.3 Å². The zero-order chi connectivity index (χ0) is 21.8. The highest BCUT2D eigenvalue weighted by Crippen LogP contribution is 2.41. The van der Waals surface area contributed by atoms with Gasteiger partial charge in [-0.05, 0) is 32.1 Å². The molecule has 0 radical (unpaired) electrons. The molecule has 2 aliphatic heterocycles. The largest absolute Gasteiger partial charge is 0.487 e. The molecular formula is C23H23N5O3. The number of hydrogen-bond acceptors (Lipinski definition) is 7. The third-order valence-corrected chi connectivity index (χ3v) is 4.78. The number of aliphatic imine (C=N–C) groups is 1. The Bertz CT molecular complexity index is 1100. The summed E-state index contributed by atoms with van der Waals surface area (Å²) in [5.41, 5.74) is 2.16. The van der Waals surface area contributed by atoms with E-state index in [1.165, 1.54) is 0 Å². The second-order valence-corrected chi connectivity index (χ2v) is 7.79. The van der Waals surface area contributed by atoms with Gasteiger partial charge >= 0.3 is 0 Å². The van der Waals surface area contributed by atoms with E-state index in [9.17, 15) is 4.79 Å². The van der Waals surface area contributed by atoms with Gasteiger partial charge in [0.15, 0.2) is 0 Å². The lowest BCUT2D eigenvalue weighted by Crippen LogP contribution is -2.24. The first-order valence-electron chi connectivity index (χ1n) is 9.85. The molecule has 2 aliphatic rings. The minimum atomic E-state index is -0.464. The first-order valence-corrected chi connectivity index (χ1v) is 9.85. The number of ether oxygens (including phenoxy) is 2. The first kappa shape index (κ1) is 20.3. The van der Waals surface area contributed by atoms with Gasteiger partial charge in [-0.1, -0.05) is 6.07 Å². The van der Waals surface area contributed by atoms with Gasteiger partial charge in [-0.15, -0.1) is 0 Å². The summed E-state index contributed by atoms with van der Waals surface area (Å²) in [5, 5.41) is 13.4. The number of nitrogens with zero attached hydrogens (tertiary/aromatic N) is 2. The number of pyridine rings is 1. The van der Waals surface area contributed by atoms with Crippen molar-refractivity contribution in [1.82, 2.24) is 10.3 Å². The Labute approximate surface area is 180 Å². The maximum Gasteiger partial charge on any atom is 0.261 e. The highest BCUT2D eigenvalue weighted by atomic mass is 16.5. The van der Waals surface area contributed by atoms with Gasteiger partial charge in [-0.25, -0.2) is 4.99 Å². The number of allylic oxidation sites excluding steroid dienone is 1. The number of amides is 1. The number of carbonyl (C=O) groups is 1. The maximum atomic E-state index is 12.9. The standard InChI is InChI=1S/C23H23N5O3/c1-23(2)11-16-9-18(28-22(29)17(12-24)21-26-7-4-8-27-21)20(10-19(16)31-23)30-14-15-5-3-6-25-13-15/h3-10,12-13,24,26H,11,14H2,1-2H3,(H,28,29)/b21-17-,24-12?. The molecule has 3 N–H and O–H groups in total. The van der Waals surface area contributed by atoms with E-state index in [2.05, 4.69) is 20.6 Å². The van der Waals surface area contributed by atoms with Crippen LogP contribution in [0.25, 0.3) is 0 Å². The molecule has 0 aliphatic carbocycles. The molecule has 1 aromatic carbocycles. The van der Waals surface area contributed by atoms with Gasteiger partial charge in [0.1, 0.15) is 29.5 Å². The Hall–Kier alpha value is -3.94. The van der Waals surface area contributed by atoms with Crippen LogP contribution in [0.4, 0.5) is 5.69 Å². The van der Waals surface area contributed by atoms with Gasteiger partial charge in [0, 0.05) is 54.6 Å². The first-order chi connectivity index (χ1) is 14.9. The Morgan fingerprint density at radius 3 is 3.00 bits per heavy atom. The number of benzene rings is 1. The fourth-order valence-electron chi connectivity index (χ4n) is 3.40. The van der Waals surface area contributed by atoms with E-state index >= 15 is 0 Å². The smallest absolute Gasteiger partial charge is 0.261 e. The molecule has 0 atom stereocenters. The number of anilines is 1. The molecule has 0 unspecified atom stereocenters. The summed E-state index contributed by atoms with van der Waals surface area (Å²) in [6, 6.07) is 7.41. The molecule has 0 saturated carbocycles. The molecule has 1 amide bonds. The Morgan fingerprint density at radius 2 is 2.29 bits per heavy atom. The second-order valence-electron chi connectivity index (χ2n) is 7.79. The maximum absolute atomic E-state index is 12.9. The zero-order valence-corrected chi connectivity index (χ0v) is 17.3. The van der Waals surface area contributed by atoms with E-state index in [-0.39, 0.29) is 17.8 Å². The van der Waals surface area contributed by atoms with Gasteiger partial charge in [0.2, 0.25) is 0 Å².